The predicted octanol–water partition coefficient (Wildman–Crippen LogP) is 9.14. The fraction of sp³-hybridized carbons (Fsp3) is 0.175. The number of ether oxygens (including phenoxy) is 1. The second-order valence-electron chi connectivity index (χ2n) is 12.7. The molecule has 2 amide bonds. The minimum absolute atomic E-state index is 0.0281. The summed E-state index contributed by atoms with van der Waals surface area (Å²) in [6.07, 6.45) is -4.55. The molecule has 5 rings (SSSR count). The van der Waals surface area contributed by atoms with Crippen molar-refractivity contribution in [3.63, 3.8) is 0 Å². The molecule has 0 aliphatic heterocycles. The van der Waals surface area contributed by atoms with Crippen molar-refractivity contribution in [1.29, 1.82) is 0 Å². The molecule has 7 nitrogen and oxygen atoms in total. The maximum absolute atomic E-state index is 13.7. The molecule has 5 aromatic rings. The van der Waals surface area contributed by atoms with Crippen molar-refractivity contribution < 1.29 is 37.4 Å². The first kappa shape index (κ1) is 35.4. The van der Waals surface area contributed by atoms with Gasteiger partial charge < -0.3 is 20.5 Å². The minimum Gasteiger partial charge on any atom is -0.480 e. The molecule has 0 aliphatic rings. The summed E-state index contributed by atoms with van der Waals surface area (Å²) in [6.45, 7) is 6.14. The van der Waals surface area contributed by atoms with Gasteiger partial charge in [0.05, 0.1) is 16.8 Å². The minimum atomic E-state index is -4.53. The summed E-state index contributed by atoms with van der Waals surface area (Å²) in [7, 11) is 0. The summed E-state index contributed by atoms with van der Waals surface area (Å²) >= 11 is 0. The Morgan fingerprint density at radius 3 is 1.86 bits per heavy atom. The van der Waals surface area contributed by atoms with E-state index in [9.17, 15) is 32.7 Å². The third-order valence-corrected chi connectivity index (χ3v) is 8.02. The number of carboxylic acids is 1. The van der Waals surface area contributed by atoms with Crippen LogP contribution < -0.4 is 15.4 Å². The highest BCUT2D eigenvalue weighted by Gasteiger charge is 2.30. The monoisotopic (exact) mass is 680 g/mol. The zero-order valence-electron chi connectivity index (χ0n) is 27.5. The van der Waals surface area contributed by atoms with Crippen LogP contribution in [0.1, 0.15) is 58.2 Å². The Morgan fingerprint density at radius 1 is 0.700 bits per heavy atom. The maximum atomic E-state index is 13.7. The molecule has 1 atom stereocenters. The number of benzene rings is 5. The van der Waals surface area contributed by atoms with Crippen LogP contribution in [0.4, 0.5) is 18.9 Å². The SMILES string of the molecule is CC(C)(C)c1ccc(C(=O)Nc2ccc(Oc3ccc(C(F)(F)F)cc3)cc2C(=O)N[C@@H](Cc2ccc(-c3ccccc3)cc2)C(=O)O)cc1. The Hall–Kier alpha value is -5.90. The normalized spacial score (nSPS) is 12.1. The van der Waals surface area contributed by atoms with Crippen molar-refractivity contribution in [3.05, 3.63) is 149 Å². The van der Waals surface area contributed by atoms with Crippen molar-refractivity contribution >= 4 is 23.5 Å². The number of alkyl halides is 3. The second-order valence-corrected chi connectivity index (χ2v) is 12.7. The largest absolute Gasteiger partial charge is 0.480 e. The van der Waals surface area contributed by atoms with Crippen molar-refractivity contribution in [2.24, 2.45) is 0 Å². The molecule has 0 spiro atoms. The maximum Gasteiger partial charge on any atom is 0.416 e. The molecule has 0 radical (unpaired) electrons. The van der Waals surface area contributed by atoms with Crippen molar-refractivity contribution in [2.45, 2.75) is 44.8 Å². The summed E-state index contributed by atoms with van der Waals surface area (Å²) in [6, 6.07) is 30.8. The number of rotatable bonds is 10. The lowest BCUT2D eigenvalue weighted by molar-refractivity contribution is -0.139. The molecule has 0 saturated heterocycles. The average Bonchev–Trinajstić information content (AvgIpc) is 3.08. The number of carboxylic acid groups (broad SMARTS) is 1. The van der Waals surface area contributed by atoms with Crippen molar-refractivity contribution in [1.82, 2.24) is 5.32 Å². The molecule has 0 fully saturated rings. The highest BCUT2D eigenvalue weighted by Crippen LogP contribution is 2.33. The lowest BCUT2D eigenvalue weighted by atomic mass is 9.86. The second kappa shape index (κ2) is 14.7. The van der Waals surface area contributed by atoms with E-state index in [0.29, 0.717) is 11.1 Å². The van der Waals surface area contributed by atoms with E-state index in [-0.39, 0.29) is 34.6 Å². The summed E-state index contributed by atoms with van der Waals surface area (Å²) in [5.74, 6) is -2.45. The Morgan fingerprint density at radius 2 is 1.28 bits per heavy atom. The summed E-state index contributed by atoms with van der Waals surface area (Å²) < 4.78 is 44.9. The quantitative estimate of drug-likeness (QED) is 0.137. The van der Waals surface area contributed by atoms with E-state index in [1.54, 1.807) is 24.3 Å². The summed E-state index contributed by atoms with van der Waals surface area (Å²) in [5, 5.41) is 15.3. The Balaban J connectivity index is 1.40. The molecule has 256 valence electrons. The number of hydrogen-bond donors (Lipinski definition) is 3. The van der Waals surface area contributed by atoms with Gasteiger partial charge in [-0.1, -0.05) is 87.5 Å². The van der Waals surface area contributed by atoms with Gasteiger partial charge in [0, 0.05) is 12.0 Å². The molecular weight excluding hydrogens is 645 g/mol. The number of nitrogens with one attached hydrogen (secondary N) is 2. The molecule has 0 unspecified atom stereocenters. The van der Waals surface area contributed by atoms with Crippen molar-refractivity contribution in [3.8, 4) is 22.6 Å². The molecule has 10 heteroatoms. The topological polar surface area (TPSA) is 105 Å². The van der Waals surface area contributed by atoms with Gasteiger partial charge in [-0.25, -0.2) is 4.79 Å². The van der Waals surface area contributed by atoms with E-state index >= 15 is 0 Å². The zero-order valence-corrected chi connectivity index (χ0v) is 27.5. The molecule has 0 bridgehead atoms. The van der Waals surface area contributed by atoms with Crippen LogP contribution in [0.2, 0.25) is 0 Å². The van der Waals surface area contributed by atoms with Gasteiger partial charge in [-0.15, -0.1) is 0 Å². The first-order valence-electron chi connectivity index (χ1n) is 15.8. The van der Waals surface area contributed by atoms with E-state index < -0.39 is 35.6 Å². The van der Waals surface area contributed by atoms with E-state index in [0.717, 1.165) is 41.0 Å². The van der Waals surface area contributed by atoms with Gasteiger partial charge in [0.15, 0.2) is 0 Å². The molecule has 0 heterocycles. The Kier molecular flexibility index (Phi) is 10.4. The molecule has 0 aliphatic carbocycles. The summed E-state index contributed by atoms with van der Waals surface area (Å²) in [5.41, 5.74) is 2.95. The number of hydrogen-bond acceptors (Lipinski definition) is 4. The van der Waals surface area contributed by atoms with E-state index in [4.69, 9.17) is 4.74 Å². The van der Waals surface area contributed by atoms with Gasteiger partial charge in [0.1, 0.15) is 17.5 Å². The van der Waals surface area contributed by atoms with E-state index in [1.807, 2.05) is 75.4 Å². The average molecular weight is 681 g/mol. The smallest absolute Gasteiger partial charge is 0.416 e. The third-order valence-electron chi connectivity index (χ3n) is 8.02. The van der Waals surface area contributed by atoms with Crippen LogP contribution in [0, 0.1) is 0 Å². The number of anilines is 1. The molecule has 5 aromatic carbocycles. The van der Waals surface area contributed by atoms with Crippen LogP contribution in [0.15, 0.2) is 121 Å². The van der Waals surface area contributed by atoms with Crippen LogP contribution >= 0.6 is 0 Å². The molecule has 3 N–H and O–H groups in total. The van der Waals surface area contributed by atoms with Gasteiger partial charge in [-0.05, 0) is 82.3 Å². The number of amides is 2. The first-order valence-corrected chi connectivity index (χ1v) is 15.8. The zero-order chi connectivity index (χ0) is 36.1. The van der Waals surface area contributed by atoms with Gasteiger partial charge in [-0.3, -0.25) is 9.59 Å². The van der Waals surface area contributed by atoms with Gasteiger partial charge in [-0.2, -0.15) is 13.2 Å². The Labute approximate surface area is 287 Å². The van der Waals surface area contributed by atoms with E-state index in [2.05, 4.69) is 10.6 Å². The number of halogens is 3. The number of carbonyl (C=O) groups excluding carboxylic acids is 2. The third kappa shape index (κ3) is 8.96. The number of aliphatic carboxylic acids is 1. The van der Waals surface area contributed by atoms with Crippen molar-refractivity contribution in [2.75, 3.05) is 5.32 Å². The fourth-order valence-corrected chi connectivity index (χ4v) is 5.18. The standard InChI is InChI=1S/C40H35F3N2O5/c1-39(2,3)29-15-13-28(14-16-29)36(46)44-34-22-21-32(50-31-19-17-30(18-20-31)40(41,42)43)24-33(34)37(47)45-35(38(48)49)23-25-9-11-27(12-10-25)26-7-5-4-6-8-26/h4-22,24,35H,23H2,1-3H3,(H,44,46)(H,45,47)(H,48,49)/t35-/m0/s1. The van der Waals surface area contributed by atoms with Crippen LogP contribution in [0.25, 0.3) is 11.1 Å². The van der Waals surface area contributed by atoms with Crippen LogP contribution in [-0.2, 0) is 22.8 Å². The highest BCUT2D eigenvalue weighted by atomic mass is 19.4. The van der Waals surface area contributed by atoms with Gasteiger partial charge >= 0.3 is 12.1 Å². The lowest BCUT2D eigenvalue weighted by Gasteiger charge is -2.19. The van der Waals surface area contributed by atoms with Gasteiger partial charge in [0.2, 0.25) is 0 Å². The fourth-order valence-electron chi connectivity index (χ4n) is 5.18. The van der Waals surface area contributed by atoms with E-state index in [1.165, 1.54) is 18.2 Å². The number of carbonyl (C=O) groups is 3. The summed E-state index contributed by atoms with van der Waals surface area (Å²) in [4.78, 5) is 39.3. The first-order chi connectivity index (χ1) is 23.7. The van der Waals surface area contributed by atoms with Crippen LogP contribution in [-0.4, -0.2) is 28.9 Å². The molecule has 50 heavy (non-hydrogen) atoms. The highest BCUT2D eigenvalue weighted by molar-refractivity contribution is 6.09. The van der Waals surface area contributed by atoms with Crippen LogP contribution in [0.5, 0.6) is 11.5 Å². The van der Waals surface area contributed by atoms with Gasteiger partial charge in [0.25, 0.3) is 11.8 Å². The lowest BCUT2D eigenvalue weighted by Crippen LogP contribution is -2.42. The Bertz CT molecular complexity index is 1970. The molecule has 0 saturated carbocycles. The predicted molar refractivity (Wildman–Crippen MR) is 186 cm³/mol. The molecular formula is C40H35F3N2O5. The molecule has 0 aromatic heterocycles. The van der Waals surface area contributed by atoms with Crippen LogP contribution in [0.3, 0.4) is 0 Å².